The lowest BCUT2D eigenvalue weighted by atomic mass is 10.1. The van der Waals surface area contributed by atoms with E-state index in [1.54, 1.807) is 12.1 Å². The van der Waals surface area contributed by atoms with Gasteiger partial charge in [0.15, 0.2) is 0 Å². The van der Waals surface area contributed by atoms with Gasteiger partial charge in [0.25, 0.3) is 9.05 Å². The van der Waals surface area contributed by atoms with Crippen LogP contribution in [-0.4, -0.2) is 8.42 Å². The van der Waals surface area contributed by atoms with Crippen LogP contribution in [-0.2, 0) is 15.5 Å². The molecule has 0 bridgehead atoms. The lowest BCUT2D eigenvalue weighted by Crippen LogP contribution is -1.94. The first-order chi connectivity index (χ1) is 6.45. The lowest BCUT2D eigenvalue weighted by Gasteiger charge is -2.05. The van der Waals surface area contributed by atoms with Crippen molar-refractivity contribution < 1.29 is 8.42 Å². The average Bonchev–Trinajstić information content (AvgIpc) is 2.07. The zero-order valence-electron chi connectivity index (χ0n) is 8.25. The molecule has 0 aromatic heterocycles. The molecule has 0 fully saturated rings. The fourth-order valence-corrected chi connectivity index (χ4v) is 2.21. The molecule has 0 N–H and O–H groups in total. The summed E-state index contributed by atoms with van der Waals surface area (Å²) in [6, 6.07) is 5.00. The SMILES string of the molecule is CCCc1ccc(S(=O)(=O)Cl)cc1C. The third-order valence-corrected chi connectivity index (χ3v) is 3.47. The molecule has 0 aliphatic carbocycles. The Morgan fingerprint density at radius 2 is 2.00 bits per heavy atom. The van der Waals surface area contributed by atoms with Gasteiger partial charge in [-0.1, -0.05) is 19.4 Å². The number of aryl methyl sites for hydroxylation is 2. The van der Waals surface area contributed by atoms with Crippen LogP contribution in [0.1, 0.15) is 24.5 Å². The van der Waals surface area contributed by atoms with E-state index in [1.807, 2.05) is 13.0 Å². The van der Waals surface area contributed by atoms with Crippen LogP contribution in [0, 0.1) is 6.92 Å². The van der Waals surface area contributed by atoms with Crippen molar-refractivity contribution in [1.82, 2.24) is 0 Å². The van der Waals surface area contributed by atoms with Crippen molar-refractivity contribution in [2.24, 2.45) is 0 Å². The average molecular weight is 233 g/mol. The van der Waals surface area contributed by atoms with Crippen molar-refractivity contribution in [2.75, 3.05) is 0 Å². The van der Waals surface area contributed by atoms with E-state index in [-0.39, 0.29) is 4.90 Å². The van der Waals surface area contributed by atoms with Gasteiger partial charge in [0, 0.05) is 10.7 Å². The molecule has 0 aliphatic rings. The van der Waals surface area contributed by atoms with Crippen LogP contribution in [0.3, 0.4) is 0 Å². The molecular formula is C10H13ClO2S. The first-order valence-corrected chi connectivity index (χ1v) is 6.80. The molecule has 0 saturated heterocycles. The van der Waals surface area contributed by atoms with Crippen LogP contribution in [0.2, 0.25) is 0 Å². The molecule has 1 rings (SSSR count). The smallest absolute Gasteiger partial charge is 0.207 e. The van der Waals surface area contributed by atoms with E-state index in [4.69, 9.17) is 10.7 Å². The van der Waals surface area contributed by atoms with Crippen LogP contribution in [0.25, 0.3) is 0 Å². The standard InChI is InChI=1S/C10H13ClO2S/c1-3-4-9-5-6-10(7-8(9)2)14(11,12)13/h5-7H,3-4H2,1-2H3. The van der Waals surface area contributed by atoms with E-state index >= 15 is 0 Å². The van der Waals surface area contributed by atoms with Crippen molar-refractivity contribution in [3.8, 4) is 0 Å². The quantitative estimate of drug-likeness (QED) is 0.751. The molecule has 4 heteroatoms. The Kier molecular flexibility index (Phi) is 3.56. The van der Waals surface area contributed by atoms with Gasteiger partial charge >= 0.3 is 0 Å². The molecule has 0 saturated carbocycles. The minimum Gasteiger partial charge on any atom is -0.207 e. The predicted octanol–water partition coefficient (Wildman–Crippen LogP) is 2.88. The lowest BCUT2D eigenvalue weighted by molar-refractivity contribution is 0.609. The Morgan fingerprint density at radius 3 is 2.43 bits per heavy atom. The second-order valence-electron chi connectivity index (χ2n) is 3.28. The van der Waals surface area contributed by atoms with E-state index in [2.05, 4.69) is 6.92 Å². The summed E-state index contributed by atoms with van der Waals surface area (Å²) < 4.78 is 22.0. The molecule has 2 nitrogen and oxygen atoms in total. The van der Waals surface area contributed by atoms with Crippen LogP contribution in [0.15, 0.2) is 23.1 Å². The van der Waals surface area contributed by atoms with Crippen molar-refractivity contribution >= 4 is 19.7 Å². The molecule has 0 spiro atoms. The molecule has 1 aromatic carbocycles. The molecule has 0 heterocycles. The number of benzene rings is 1. The van der Waals surface area contributed by atoms with Gasteiger partial charge in [0.1, 0.15) is 0 Å². The fraction of sp³-hybridized carbons (Fsp3) is 0.400. The maximum absolute atomic E-state index is 11.0. The van der Waals surface area contributed by atoms with Gasteiger partial charge in [-0.25, -0.2) is 8.42 Å². The summed E-state index contributed by atoms with van der Waals surface area (Å²) in [4.78, 5) is 0.177. The highest BCUT2D eigenvalue weighted by molar-refractivity contribution is 8.13. The Bertz CT molecular complexity index is 424. The summed E-state index contributed by atoms with van der Waals surface area (Å²) in [7, 11) is 1.65. The molecular weight excluding hydrogens is 220 g/mol. The Balaban J connectivity index is 3.13. The molecule has 1 aromatic rings. The molecule has 0 radical (unpaired) electrons. The van der Waals surface area contributed by atoms with Gasteiger partial charge in [0.05, 0.1) is 4.90 Å². The minimum atomic E-state index is -3.58. The van der Waals surface area contributed by atoms with Crippen LogP contribution in [0.5, 0.6) is 0 Å². The van der Waals surface area contributed by atoms with Gasteiger partial charge in [-0.3, -0.25) is 0 Å². The second-order valence-corrected chi connectivity index (χ2v) is 5.84. The van der Waals surface area contributed by atoms with Crippen molar-refractivity contribution in [1.29, 1.82) is 0 Å². The van der Waals surface area contributed by atoms with Crippen LogP contribution < -0.4 is 0 Å². The maximum Gasteiger partial charge on any atom is 0.261 e. The summed E-state index contributed by atoms with van der Waals surface area (Å²) in [5.74, 6) is 0. The first kappa shape index (κ1) is 11.5. The normalized spacial score (nSPS) is 11.6. The second kappa shape index (κ2) is 4.32. The van der Waals surface area contributed by atoms with Crippen molar-refractivity contribution in [3.05, 3.63) is 29.3 Å². The minimum absolute atomic E-state index is 0.177. The monoisotopic (exact) mass is 232 g/mol. The van der Waals surface area contributed by atoms with Gasteiger partial charge in [-0.05, 0) is 36.6 Å². The third-order valence-electron chi connectivity index (χ3n) is 2.11. The van der Waals surface area contributed by atoms with E-state index in [0.717, 1.165) is 18.4 Å². The summed E-state index contributed by atoms with van der Waals surface area (Å²) >= 11 is 0. The summed E-state index contributed by atoms with van der Waals surface area (Å²) in [6.45, 7) is 3.99. The number of hydrogen-bond donors (Lipinski definition) is 0. The van der Waals surface area contributed by atoms with E-state index in [0.29, 0.717) is 0 Å². The Morgan fingerprint density at radius 1 is 1.36 bits per heavy atom. The highest BCUT2D eigenvalue weighted by Crippen LogP contribution is 2.19. The highest BCUT2D eigenvalue weighted by Gasteiger charge is 2.10. The maximum atomic E-state index is 11.0. The Hall–Kier alpha value is -0.540. The molecule has 78 valence electrons. The van der Waals surface area contributed by atoms with Gasteiger partial charge < -0.3 is 0 Å². The molecule has 14 heavy (non-hydrogen) atoms. The van der Waals surface area contributed by atoms with Crippen molar-refractivity contribution in [2.45, 2.75) is 31.6 Å². The molecule has 0 atom stereocenters. The summed E-state index contributed by atoms with van der Waals surface area (Å²) in [6.07, 6.45) is 2.02. The molecule has 0 aliphatic heterocycles. The predicted molar refractivity (Wildman–Crippen MR) is 58.2 cm³/mol. The van der Waals surface area contributed by atoms with Crippen LogP contribution in [0.4, 0.5) is 0 Å². The Labute approximate surface area is 89.3 Å². The number of hydrogen-bond acceptors (Lipinski definition) is 2. The zero-order chi connectivity index (χ0) is 10.8. The highest BCUT2D eigenvalue weighted by atomic mass is 35.7. The largest absolute Gasteiger partial charge is 0.261 e. The first-order valence-electron chi connectivity index (χ1n) is 4.49. The van der Waals surface area contributed by atoms with Gasteiger partial charge in [0.2, 0.25) is 0 Å². The number of halogens is 1. The van der Waals surface area contributed by atoms with E-state index in [1.165, 1.54) is 5.56 Å². The number of rotatable bonds is 3. The third kappa shape index (κ3) is 2.72. The summed E-state index contributed by atoms with van der Waals surface area (Å²) in [5, 5.41) is 0. The zero-order valence-corrected chi connectivity index (χ0v) is 9.82. The van der Waals surface area contributed by atoms with E-state index < -0.39 is 9.05 Å². The fourth-order valence-electron chi connectivity index (χ4n) is 1.37. The van der Waals surface area contributed by atoms with Gasteiger partial charge in [-0.15, -0.1) is 0 Å². The molecule has 0 unspecified atom stereocenters. The van der Waals surface area contributed by atoms with E-state index in [9.17, 15) is 8.42 Å². The van der Waals surface area contributed by atoms with Crippen molar-refractivity contribution in [3.63, 3.8) is 0 Å². The topological polar surface area (TPSA) is 34.1 Å². The van der Waals surface area contributed by atoms with Gasteiger partial charge in [-0.2, -0.15) is 0 Å². The van der Waals surface area contributed by atoms with Crippen LogP contribution >= 0.6 is 10.7 Å². The summed E-state index contributed by atoms with van der Waals surface area (Å²) in [5.41, 5.74) is 2.16. The molecule has 0 amide bonds.